The molecule has 0 amide bonds. The van der Waals surface area contributed by atoms with Crippen molar-refractivity contribution in [3.05, 3.63) is 47.5 Å². The fraction of sp³-hybridized carbons (Fsp3) is 0.821. The van der Waals surface area contributed by atoms with E-state index in [1.54, 1.807) is 48.2 Å². The predicted octanol–water partition coefficient (Wildman–Crippen LogP) is 27.0. The van der Waals surface area contributed by atoms with Crippen molar-refractivity contribution in [2.24, 2.45) is 11.8 Å². The molecule has 0 aromatic heterocycles. The van der Waals surface area contributed by atoms with Gasteiger partial charge in [0.1, 0.15) is 0 Å². The van der Waals surface area contributed by atoms with Gasteiger partial charge < -0.3 is 0 Å². The number of fused-ring (bicyclic) bond motifs is 2. The molecule has 80 heavy (non-hydrogen) atoms. The van der Waals surface area contributed by atoms with E-state index in [1.165, 1.54) is 295 Å². The van der Waals surface area contributed by atoms with Crippen LogP contribution in [-0.2, 0) is 12.8 Å². The molecule has 0 aliphatic heterocycles. The topological polar surface area (TPSA) is 0 Å². The third-order valence-electron chi connectivity index (χ3n) is 20.3. The first-order valence-corrected chi connectivity index (χ1v) is 52.3. The summed E-state index contributed by atoms with van der Waals surface area (Å²) < 4.78 is 13.6. The van der Waals surface area contributed by atoms with Crippen LogP contribution >= 0.6 is 0 Å². The van der Waals surface area contributed by atoms with Crippen molar-refractivity contribution in [1.82, 2.24) is 0 Å². The maximum absolute atomic E-state index is 3.09. The van der Waals surface area contributed by atoms with Gasteiger partial charge in [0.25, 0.3) is 0 Å². The Morgan fingerprint density at radius 1 is 0.287 bits per heavy atom. The second-order valence-corrected chi connectivity index (χ2v) is 53.6. The fourth-order valence-electron chi connectivity index (χ4n) is 15.3. The zero-order chi connectivity index (χ0) is 57.8. The first-order chi connectivity index (χ1) is 39.3. The van der Waals surface area contributed by atoms with E-state index in [2.05, 4.69) is 109 Å². The van der Waals surface area contributed by atoms with Gasteiger partial charge in [-0.2, -0.15) is 0 Å². The van der Waals surface area contributed by atoms with E-state index in [9.17, 15) is 0 Å². The van der Waals surface area contributed by atoms with E-state index < -0.39 is 36.8 Å². The van der Waals surface area contributed by atoms with Gasteiger partial charge in [0.05, 0.1) is 0 Å². The van der Waals surface area contributed by atoms with Crippen LogP contribution < -0.4 is 7.16 Å². The summed E-state index contributed by atoms with van der Waals surface area (Å²) in [6.45, 7) is 24.6. The van der Waals surface area contributed by atoms with Gasteiger partial charge in [-0.1, -0.05) is 26.7 Å². The molecule has 3 rings (SSSR count). The average molecular weight is 1320 g/mol. The molecule has 2 atom stereocenters. The summed E-state index contributed by atoms with van der Waals surface area (Å²) >= 11 is -5.92. The molecule has 2 heteroatoms. The molecule has 0 saturated heterocycles. The molecule has 0 spiro atoms. The Morgan fingerprint density at radius 2 is 0.613 bits per heavy atom. The van der Waals surface area contributed by atoms with E-state index in [4.69, 9.17) is 0 Å². The molecule has 3 aromatic carbocycles. The van der Waals surface area contributed by atoms with Crippen LogP contribution in [0.5, 0.6) is 0 Å². The molecular weight excluding hydrogens is 1170 g/mol. The SMILES string of the molecule is CCCCCCCCCCC(CCCCCCCC)Cc1cc2cc3ccc[c]([Sn]([CH2]CCC)([CH2]CCC)[CH2]CCC)c3cc2c(CC(CCCCCCCC)CCCCCCCCCC)[c]1[Sn]([CH2]CCC)([CH2]CCC)[CH2]CCC. The third kappa shape index (κ3) is 28.1. The van der Waals surface area contributed by atoms with Crippen molar-refractivity contribution in [3.8, 4) is 0 Å². The second-order valence-electron chi connectivity index (χ2n) is 27.5. The van der Waals surface area contributed by atoms with Gasteiger partial charge in [-0.25, -0.2) is 0 Å². The summed E-state index contributed by atoms with van der Waals surface area (Å²) in [7, 11) is 0. The quantitative estimate of drug-likeness (QED) is 0.0300. The molecule has 0 fully saturated rings. The predicted molar refractivity (Wildman–Crippen MR) is 375 cm³/mol. The molecule has 0 nitrogen and oxygen atoms in total. The number of benzene rings is 3. The van der Waals surface area contributed by atoms with E-state index in [1.807, 2.05) is 14.7 Å². The molecule has 0 radical (unpaired) electrons. The summed E-state index contributed by atoms with van der Waals surface area (Å²) in [6, 6.07) is 16.7. The van der Waals surface area contributed by atoms with Crippen LogP contribution in [0.1, 0.15) is 363 Å². The Hall–Kier alpha value is -0.223. The van der Waals surface area contributed by atoms with Crippen LogP contribution in [-0.4, -0.2) is 36.8 Å². The van der Waals surface area contributed by atoms with Gasteiger partial charge in [0, 0.05) is 0 Å². The molecule has 0 saturated carbocycles. The van der Waals surface area contributed by atoms with Gasteiger partial charge in [-0.15, -0.1) is 0 Å². The Kier molecular flexibility index (Phi) is 44.3. The maximum atomic E-state index is 3.00. The van der Waals surface area contributed by atoms with Gasteiger partial charge in [0.15, 0.2) is 0 Å². The van der Waals surface area contributed by atoms with Gasteiger partial charge >= 0.3 is 489 Å². The van der Waals surface area contributed by atoms with Crippen molar-refractivity contribution in [1.29, 1.82) is 0 Å². The molecule has 0 aliphatic rings. The Morgan fingerprint density at radius 3 is 0.975 bits per heavy atom. The molecule has 0 heterocycles. The van der Waals surface area contributed by atoms with Crippen molar-refractivity contribution in [2.45, 2.75) is 391 Å². The minimum atomic E-state index is -3.09. The van der Waals surface area contributed by atoms with E-state index in [0.29, 0.717) is 0 Å². The van der Waals surface area contributed by atoms with Crippen LogP contribution in [0.25, 0.3) is 21.5 Å². The Bertz CT molecular complexity index is 1860. The molecule has 3 aromatic rings. The van der Waals surface area contributed by atoms with Crippen LogP contribution in [0.15, 0.2) is 36.4 Å². The number of rotatable bonds is 56. The van der Waals surface area contributed by atoms with Crippen LogP contribution in [0.2, 0.25) is 26.6 Å². The number of hydrogen-bond acceptors (Lipinski definition) is 0. The molecular formula is C78H142Sn2. The van der Waals surface area contributed by atoms with E-state index >= 15 is 0 Å². The summed E-state index contributed by atoms with van der Waals surface area (Å²) in [4.78, 5) is 0. The third-order valence-corrected chi connectivity index (χ3v) is 52.1. The summed E-state index contributed by atoms with van der Waals surface area (Å²) in [5, 5.41) is 6.75. The fourth-order valence-corrected chi connectivity index (χ4v) is 50.1. The molecule has 0 bridgehead atoms. The number of unbranched alkanes of at least 4 members (excludes halogenated alkanes) is 30. The first-order valence-electron chi connectivity index (χ1n) is 37.3. The molecule has 462 valence electrons. The molecule has 2 unspecified atom stereocenters. The zero-order valence-electron chi connectivity index (χ0n) is 56.4. The Labute approximate surface area is 511 Å². The van der Waals surface area contributed by atoms with Crippen molar-refractivity contribution in [3.63, 3.8) is 0 Å². The zero-order valence-corrected chi connectivity index (χ0v) is 62.1. The second kappa shape index (κ2) is 47.9. The molecule has 0 N–H and O–H groups in total. The monoisotopic (exact) mass is 1320 g/mol. The van der Waals surface area contributed by atoms with Crippen molar-refractivity contribution in [2.75, 3.05) is 0 Å². The summed E-state index contributed by atoms with van der Waals surface area (Å²) in [5.41, 5.74) is 3.93. The molecule has 0 aliphatic carbocycles. The normalized spacial score (nSPS) is 13.1. The van der Waals surface area contributed by atoms with E-state index in [0.717, 1.165) is 11.8 Å². The summed E-state index contributed by atoms with van der Waals surface area (Å²) in [6.07, 6.45) is 65.5. The average Bonchev–Trinajstić information content (AvgIpc) is 3.66. The first kappa shape index (κ1) is 74.0. The Balaban J connectivity index is 2.53. The standard InChI is InChI=1S/C54H88.6C4H9.2Sn/c1-5-9-13-17-21-23-27-30-36-47(35-29-25-19-15-11-7-3)41-49-43-52(54-46-51-40-34-33-39-50(51)45-53(54)44-49)42-48(37-31-26-20-16-12-8-4)38-32-28-24-22-18-14-10-6-2;6*1-3-4-2;;/h33-34,39,44-48H,5-32,35-38,41-42H2,1-4H3;6*1,3-4H2,2H3;;. The van der Waals surface area contributed by atoms with Gasteiger partial charge in [-0.05, 0) is 0 Å². The van der Waals surface area contributed by atoms with Gasteiger partial charge in [0.2, 0.25) is 0 Å². The van der Waals surface area contributed by atoms with Gasteiger partial charge in [-0.3, -0.25) is 0 Å². The summed E-state index contributed by atoms with van der Waals surface area (Å²) in [5.74, 6) is 1.64. The van der Waals surface area contributed by atoms with Crippen molar-refractivity contribution >= 4 is 65.5 Å². The minimum absolute atomic E-state index is 0.810. The van der Waals surface area contributed by atoms with Crippen LogP contribution in [0.4, 0.5) is 0 Å². The van der Waals surface area contributed by atoms with E-state index in [-0.39, 0.29) is 0 Å². The number of hydrogen-bond donors (Lipinski definition) is 0. The van der Waals surface area contributed by atoms with Crippen molar-refractivity contribution < 1.29 is 0 Å². The van der Waals surface area contributed by atoms with Crippen LogP contribution in [0.3, 0.4) is 0 Å². The van der Waals surface area contributed by atoms with Crippen LogP contribution in [0, 0.1) is 11.8 Å².